The molecule has 180 valence electrons. The molecule has 5 rings (SSSR count). The molecule has 7 nitrogen and oxygen atoms in total. The van der Waals surface area contributed by atoms with Crippen LogP contribution in [0.15, 0.2) is 71.9 Å². The molecule has 2 aromatic carbocycles. The van der Waals surface area contributed by atoms with E-state index in [1.54, 1.807) is 23.4 Å². The first-order valence-corrected chi connectivity index (χ1v) is 13.4. The van der Waals surface area contributed by atoms with E-state index in [0.29, 0.717) is 18.0 Å². The van der Waals surface area contributed by atoms with Crippen molar-refractivity contribution < 1.29 is 17.6 Å². The molecule has 1 fully saturated rings. The average Bonchev–Trinajstić information content (AvgIpc) is 3.50. The summed E-state index contributed by atoms with van der Waals surface area (Å²) in [6.45, 7) is 2.43. The zero-order valence-electron chi connectivity index (χ0n) is 19.0. The number of aromatic nitrogens is 2. The summed E-state index contributed by atoms with van der Waals surface area (Å²) in [7, 11) is -3.98. The lowest BCUT2D eigenvalue weighted by molar-refractivity contribution is -0.121. The van der Waals surface area contributed by atoms with Gasteiger partial charge in [-0.2, -0.15) is 4.31 Å². The van der Waals surface area contributed by atoms with Gasteiger partial charge in [0.15, 0.2) is 5.13 Å². The molecular formula is C25H23FN4O3S2. The Kier molecular flexibility index (Phi) is 6.35. The molecule has 1 unspecified atom stereocenters. The van der Waals surface area contributed by atoms with Crippen molar-refractivity contribution in [2.75, 3.05) is 11.4 Å². The van der Waals surface area contributed by atoms with E-state index >= 15 is 0 Å². The molecule has 0 spiro atoms. The average molecular weight is 511 g/mol. The maximum Gasteiger partial charge on any atom is 0.247 e. The van der Waals surface area contributed by atoms with E-state index in [2.05, 4.69) is 4.98 Å². The zero-order chi connectivity index (χ0) is 24.6. The van der Waals surface area contributed by atoms with Crippen LogP contribution in [0.1, 0.15) is 24.0 Å². The number of pyridine rings is 1. The van der Waals surface area contributed by atoms with Crippen LogP contribution in [0.2, 0.25) is 0 Å². The van der Waals surface area contributed by atoms with Crippen molar-refractivity contribution in [1.82, 2.24) is 14.3 Å². The summed E-state index contributed by atoms with van der Waals surface area (Å²) in [6.07, 6.45) is 4.28. The molecule has 3 heterocycles. The number of hydrogen-bond acceptors (Lipinski definition) is 6. The van der Waals surface area contributed by atoms with Crippen molar-refractivity contribution >= 4 is 42.6 Å². The Bertz CT molecular complexity index is 1470. The summed E-state index contributed by atoms with van der Waals surface area (Å²) in [6, 6.07) is 13.4. The second kappa shape index (κ2) is 9.44. The van der Waals surface area contributed by atoms with Crippen LogP contribution >= 0.6 is 11.3 Å². The van der Waals surface area contributed by atoms with Crippen molar-refractivity contribution in [1.29, 1.82) is 0 Å². The highest BCUT2D eigenvalue weighted by atomic mass is 32.2. The predicted octanol–water partition coefficient (Wildman–Crippen LogP) is 4.53. The lowest BCUT2D eigenvalue weighted by Crippen LogP contribution is -2.47. The third-order valence-corrected chi connectivity index (χ3v) is 8.97. The van der Waals surface area contributed by atoms with Crippen molar-refractivity contribution in [2.24, 2.45) is 0 Å². The van der Waals surface area contributed by atoms with Gasteiger partial charge in [-0.05, 0) is 73.4 Å². The van der Waals surface area contributed by atoms with Crippen LogP contribution in [0.5, 0.6) is 0 Å². The lowest BCUT2D eigenvalue weighted by atomic mass is 10.2. The second-order valence-electron chi connectivity index (χ2n) is 8.48. The number of rotatable bonds is 6. The van der Waals surface area contributed by atoms with Gasteiger partial charge in [-0.1, -0.05) is 23.5 Å². The van der Waals surface area contributed by atoms with E-state index in [0.717, 1.165) is 33.5 Å². The van der Waals surface area contributed by atoms with E-state index in [9.17, 15) is 17.6 Å². The van der Waals surface area contributed by atoms with Gasteiger partial charge in [0.05, 0.1) is 21.7 Å². The molecule has 35 heavy (non-hydrogen) atoms. The van der Waals surface area contributed by atoms with Crippen molar-refractivity contribution in [3.05, 3.63) is 83.9 Å². The fourth-order valence-electron chi connectivity index (χ4n) is 4.25. The number of nitrogens with zero attached hydrogens (tertiary/aromatic N) is 4. The maximum atomic E-state index is 13.9. The van der Waals surface area contributed by atoms with Crippen molar-refractivity contribution in [3.63, 3.8) is 0 Å². The SMILES string of the molecule is Cc1ccc2nc(N(Cc3cccnc3)C(=O)C3CCCN3S(=O)(=O)c3ccc(F)cc3)sc2c1. The Morgan fingerprint density at radius 3 is 2.74 bits per heavy atom. The molecule has 1 atom stereocenters. The normalized spacial score (nSPS) is 16.6. The van der Waals surface area contributed by atoms with Gasteiger partial charge in [0, 0.05) is 18.9 Å². The zero-order valence-corrected chi connectivity index (χ0v) is 20.6. The molecule has 0 aliphatic carbocycles. The lowest BCUT2D eigenvalue weighted by Gasteiger charge is -2.28. The number of anilines is 1. The number of benzene rings is 2. The number of carbonyl (C=O) groups excluding carboxylic acids is 1. The van der Waals surface area contributed by atoms with Gasteiger partial charge in [-0.25, -0.2) is 17.8 Å². The van der Waals surface area contributed by atoms with Crippen molar-refractivity contribution in [2.45, 2.75) is 37.2 Å². The number of thiazole rings is 1. The molecule has 0 saturated carbocycles. The highest BCUT2D eigenvalue weighted by molar-refractivity contribution is 7.89. The van der Waals surface area contributed by atoms with Crippen molar-refractivity contribution in [3.8, 4) is 0 Å². The van der Waals surface area contributed by atoms with E-state index in [4.69, 9.17) is 4.98 Å². The van der Waals surface area contributed by atoms with E-state index in [-0.39, 0.29) is 23.9 Å². The number of carbonyl (C=O) groups is 1. The third kappa shape index (κ3) is 4.69. The molecule has 0 N–H and O–H groups in total. The molecule has 10 heteroatoms. The summed E-state index contributed by atoms with van der Waals surface area (Å²) < 4.78 is 42.3. The molecule has 1 amide bonds. The molecule has 1 saturated heterocycles. The first-order valence-electron chi connectivity index (χ1n) is 11.2. The number of hydrogen-bond donors (Lipinski definition) is 0. The van der Waals surface area contributed by atoms with Gasteiger partial charge in [-0.15, -0.1) is 0 Å². The minimum absolute atomic E-state index is 0.0344. The minimum Gasteiger partial charge on any atom is -0.282 e. The van der Waals surface area contributed by atoms with Gasteiger partial charge in [0.1, 0.15) is 11.9 Å². The Labute approximate surface area is 206 Å². The van der Waals surface area contributed by atoms with Gasteiger partial charge in [-0.3, -0.25) is 14.7 Å². The molecule has 1 aliphatic rings. The maximum absolute atomic E-state index is 13.9. The first kappa shape index (κ1) is 23.5. The Hall–Kier alpha value is -3.21. The fraction of sp³-hybridized carbons (Fsp3) is 0.240. The Morgan fingerprint density at radius 1 is 1.20 bits per heavy atom. The van der Waals surface area contributed by atoms with Gasteiger partial charge in [0.25, 0.3) is 0 Å². The minimum atomic E-state index is -3.98. The molecule has 0 bridgehead atoms. The molecule has 1 aliphatic heterocycles. The van der Waals surface area contributed by atoms with Gasteiger partial charge in [0.2, 0.25) is 15.9 Å². The van der Waals surface area contributed by atoms with E-state index in [1.807, 2.05) is 31.2 Å². The van der Waals surface area contributed by atoms with Crippen LogP contribution < -0.4 is 4.90 Å². The summed E-state index contributed by atoms with van der Waals surface area (Å²) >= 11 is 1.40. The van der Waals surface area contributed by atoms with Crippen LogP contribution in [-0.4, -0.2) is 41.2 Å². The summed E-state index contributed by atoms with van der Waals surface area (Å²) in [5.41, 5.74) is 2.68. The number of amides is 1. The summed E-state index contributed by atoms with van der Waals surface area (Å²) in [4.78, 5) is 24.3. The Morgan fingerprint density at radius 2 is 2.00 bits per heavy atom. The van der Waals surface area contributed by atoms with Crippen LogP contribution in [-0.2, 0) is 21.4 Å². The van der Waals surface area contributed by atoms with Crippen LogP contribution in [0.3, 0.4) is 0 Å². The summed E-state index contributed by atoms with van der Waals surface area (Å²) in [5.74, 6) is -0.862. The number of sulfonamides is 1. The molecule has 2 aromatic heterocycles. The molecule has 4 aromatic rings. The third-order valence-electron chi connectivity index (χ3n) is 6.00. The Balaban J connectivity index is 1.52. The van der Waals surface area contributed by atoms with E-state index < -0.39 is 21.9 Å². The monoisotopic (exact) mass is 510 g/mol. The highest BCUT2D eigenvalue weighted by Crippen LogP contribution is 2.34. The second-order valence-corrected chi connectivity index (χ2v) is 11.4. The molecule has 0 radical (unpaired) electrons. The van der Waals surface area contributed by atoms with Crippen LogP contribution in [0.4, 0.5) is 9.52 Å². The smallest absolute Gasteiger partial charge is 0.247 e. The van der Waals surface area contributed by atoms with Crippen LogP contribution in [0, 0.1) is 12.7 Å². The standard InChI is InChI=1S/C25H23FN4O3S2/c1-17-6-11-21-23(14-17)34-25(28-21)29(16-18-4-2-12-27-15-18)24(31)22-5-3-13-30(22)35(32,33)20-9-7-19(26)8-10-20/h2,4,6-12,14-15,22H,3,5,13,16H2,1H3. The fourth-order valence-corrected chi connectivity index (χ4v) is 6.97. The molecular weight excluding hydrogens is 487 g/mol. The quantitative estimate of drug-likeness (QED) is 0.381. The number of aryl methyl sites for hydroxylation is 1. The highest BCUT2D eigenvalue weighted by Gasteiger charge is 2.42. The van der Waals surface area contributed by atoms with Gasteiger partial charge < -0.3 is 0 Å². The predicted molar refractivity (Wildman–Crippen MR) is 133 cm³/mol. The van der Waals surface area contributed by atoms with E-state index in [1.165, 1.54) is 27.8 Å². The topological polar surface area (TPSA) is 83.5 Å². The van der Waals surface area contributed by atoms with Gasteiger partial charge >= 0.3 is 0 Å². The van der Waals surface area contributed by atoms with Crippen LogP contribution in [0.25, 0.3) is 10.2 Å². The first-order chi connectivity index (χ1) is 16.8. The largest absolute Gasteiger partial charge is 0.282 e. The summed E-state index contributed by atoms with van der Waals surface area (Å²) in [5, 5.41) is 0.505. The number of fused-ring (bicyclic) bond motifs is 1. The number of halogens is 1.